The molecule has 0 saturated heterocycles. The predicted molar refractivity (Wildman–Crippen MR) is 66.2 cm³/mol. The molecule has 0 aromatic rings. The summed E-state index contributed by atoms with van der Waals surface area (Å²) in [5.41, 5.74) is 0. The third-order valence-corrected chi connectivity index (χ3v) is 2.33. The summed E-state index contributed by atoms with van der Waals surface area (Å²) in [6.07, 6.45) is 1.15. The number of carbonyl (C=O) groups excluding carboxylic acids is 1. The van der Waals surface area contributed by atoms with E-state index in [-0.39, 0.29) is 12.5 Å². The normalized spacial score (nSPS) is 14.5. The van der Waals surface area contributed by atoms with Crippen molar-refractivity contribution in [1.82, 2.24) is 4.90 Å². The van der Waals surface area contributed by atoms with Crippen molar-refractivity contribution in [2.75, 3.05) is 13.2 Å². The molecule has 0 spiro atoms. The summed E-state index contributed by atoms with van der Waals surface area (Å²) in [7, 11) is 0. The predicted octanol–water partition coefficient (Wildman–Crippen LogP) is 3.15. The van der Waals surface area contributed by atoms with Gasteiger partial charge in [-0.3, -0.25) is 9.69 Å². The summed E-state index contributed by atoms with van der Waals surface area (Å²) in [5.74, 6) is 0. The van der Waals surface area contributed by atoms with Crippen LogP contribution in [0.3, 0.4) is 0 Å². The summed E-state index contributed by atoms with van der Waals surface area (Å²) in [5, 5.41) is -0.438. The van der Waals surface area contributed by atoms with Gasteiger partial charge in [0.2, 0.25) is 0 Å². The molecule has 0 aliphatic carbocycles. The molecule has 5 heteroatoms. The second-order valence-electron chi connectivity index (χ2n) is 3.61. The van der Waals surface area contributed by atoms with E-state index in [1.165, 1.54) is 4.90 Å². The van der Waals surface area contributed by atoms with Gasteiger partial charge in [0.05, 0.1) is 0 Å². The second-order valence-corrected chi connectivity index (χ2v) is 3.96. The summed E-state index contributed by atoms with van der Waals surface area (Å²) < 4.78 is 10.9. The first-order chi connectivity index (χ1) is 7.54. The van der Waals surface area contributed by atoms with Crippen LogP contribution in [0, 0.1) is 0 Å². The van der Waals surface area contributed by atoms with E-state index in [0.29, 0.717) is 13.2 Å². The Morgan fingerprint density at radius 3 is 1.75 bits per heavy atom. The molecular formula is C11H22NO3S. The van der Waals surface area contributed by atoms with Crippen LogP contribution in [-0.4, -0.2) is 35.8 Å². The first-order valence-corrected chi connectivity index (χ1v) is 6.17. The largest absolute Gasteiger partial charge is 0.358 e. The molecule has 0 N–H and O–H groups in total. The molecule has 4 nitrogen and oxygen atoms in total. The zero-order chi connectivity index (χ0) is 12.6. The molecule has 0 heterocycles. The molecule has 0 bridgehead atoms. The van der Waals surface area contributed by atoms with Crippen molar-refractivity contribution < 1.29 is 14.3 Å². The van der Waals surface area contributed by atoms with E-state index in [0.717, 1.165) is 12.8 Å². The number of ether oxygens (including phenoxy) is 2. The molecule has 1 amide bonds. The first kappa shape index (κ1) is 15.6. The Morgan fingerprint density at radius 1 is 1.12 bits per heavy atom. The van der Waals surface area contributed by atoms with Gasteiger partial charge >= 0.3 is 5.24 Å². The van der Waals surface area contributed by atoms with Crippen molar-refractivity contribution in [3.8, 4) is 0 Å². The summed E-state index contributed by atoms with van der Waals surface area (Å²) in [4.78, 5) is 12.8. The molecule has 0 aliphatic heterocycles. The van der Waals surface area contributed by atoms with Crippen LogP contribution in [0.4, 0.5) is 4.79 Å². The number of hydrogen-bond acceptors (Lipinski definition) is 3. The lowest BCUT2D eigenvalue weighted by Crippen LogP contribution is -2.45. The molecule has 95 valence electrons. The fraction of sp³-hybridized carbons (Fsp3) is 0.909. The van der Waals surface area contributed by atoms with Crippen LogP contribution >= 0.6 is 12.6 Å². The zero-order valence-corrected chi connectivity index (χ0v) is 11.4. The number of amides is 1. The van der Waals surface area contributed by atoms with Crippen LogP contribution in [0.25, 0.3) is 0 Å². The quantitative estimate of drug-likeness (QED) is 0.619. The minimum atomic E-state index is -0.438. The minimum Gasteiger partial charge on any atom is -0.358 e. The Labute approximate surface area is 104 Å². The molecule has 0 fully saturated rings. The lowest BCUT2D eigenvalue weighted by atomic mass is 10.4. The number of hydrogen-bond donors (Lipinski definition) is 0. The van der Waals surface area contributed by atoms with Gasteiger partial charge in [-0.2, -0.15) is 0 Å². The van der Waals surface area contributed by atoms with Crippen molar-refractivity contribution >= 4 is 17.9 Å². The van der Waals surface area contributed by atoms with E-state index in [1.54, 1.807) is 0 Å². The van der Waals surface area contributed by atoms with Gasteiger partial charge in [0.25, 0.3) is 0 Å². The van der Waals surface area contributed by atoms with E-state index in [4.69, 9.17) is 9.47 Å². The smallest absolute Gasteiger partial charge is 0.317 e. The average molecular weight is 248 g/mol. The van der Waals surface area contributed by atoms with Gasteiger partial charge in [-0.1, -0.05) is 13.8 Å². The van der Waals surface area contributed by atoms with E-state index < -0.39 is 5.24 Å². The van der Waals surface area contributed by atoms with Crippen LogP contribution < -0.4 is 0 Å². The maximum absolute atomic E-state index is 11.3. The van der Waals surface area contributed by atoms with E-state index in [1.807, 2.05) is 27.7 Å². The highest BCUT2D eigenvalue weighted by Crippen LogP contribution is 2.12. The van der Waals surface area contributed by atoms with Crippen molar-refractivity contribution in [3.63, 3.8) is 0 Å². The Kier molecular flexibility index (Phi) is 8.51. The fourth-order valence-corrected chi connectivity index (χ4v) is 1.63. The van der Waals surface area contributed by atoms with Gasteiger partial charge in [0.1, 0.15) is 12.5 Å². The van der Waals surface area contributed by atoms with Gasteiger partial charge in [-0.05, 0) is 39.3 Å². The second kappa shape index (κ2) is 8.73. The molecule has 1 radical (unpaired) electrons. The average Bonchev–Trinajstić information content (AvgIpc) is 2.23. The molecule has 0 rings (SSSR count). The third kappa shape index (κ3) is 5.63. The Bertz CT molecular complexity index is 188. The topological polar surface area (TPSA) is 38.8 Å². The van der Waals surface area contributed by atoms with Crippen LogP contribution in [0.2, 0.25) is 0 Å². The summed E-state index contributed by atoms with van der Waals surface area (Å²) in [6.45, 7) is 8.88. The van der Waals surface area contributed by atoms with Crippen LogP contribution in [0.15, 0.2) is 0 Å². The fourth-order valence-electron chi connectivity index (χ4n) is 1.33. The Morgan fingerprint density at radius 2 is 1.50 bits per heavy atom. The molecule has 16 heavy (non-hydrogen) atoms. The van der Waals surface area contributed by atoms with Gasteiger partial charge < -0.3 is 9.47 Å². The molecule has 2 atom stereocenters. The van der Waals surface area contributed by atoms with Gasteiger partial charge in [-0.15, -0.1) is 0 Å². The number of carbonyl (C=O) groups is 1. The SMILES string of the molecule is CCCOC(C)N(C(=O)[S])C(C)OCCC. The standard InChI is InChI=1S/C11H22NO3S/c1-5-7-14-9(3)12(11(13)16)10(4)15-8-6-2/h9-10H,5-8H2,1-4H3. The lowest BCUT2D eigenvalue weighted by Gasteiger charge is -2.32. The molecular weight excluding hydrogens is 226 g/mol. The highest BCUT2D eigenvalue weighted by atomic mass is 32.1. The van der Waals surface area contributed by atoms with Crippen LogP contribution in [0.5, 0.6) is 0 Å². The minimum absolute atomic E-state index is 0.336. The number of rotatable bonds is 8. The van der Waals surface area contributed by atoms with Crippen molar-refractivity contribution in [1.29, 1.82) is 0 Å². The van der Waals surface area contributed by atoms with Crippen molar-refractivity contribution in [2.45, 2.75) is 53.0 Å². The van der Waals surface area contributed by atoms with Crippen molar-refractivity contribution in [2.24, 2.45) is 0 Å². The van der Waals surface area contributed by atoms with Crippen LogP contribution in [-0.2, 0) is 9.47 Å². The van der Waals surface area contributed by atoms with Crippen LogP contribution in [0.1, 0.15) is 40.5 Å². The van der Waals surface area contributed by atoms with Crippen molar-refractivity contribution in [3.05, 3.63) is 0 Å². The van der Waals surface area contributed by atoms with E-state index in [9.17, 15) is 4.79 Å². The van der Waals surface area contributed by atoms with Gasteiger partial charge in [-0.25, -0.2) is 0 Å². The highest BCUT2D eigenvalue weighted by molar-refractivity contribution is 7.96. The zero-order valence-electron chi connectivity index (χ0n) is 10.6. The monoisotopic (exact) mass is 248 g/mol. The maximum Gasteiger partial charge on any atom is 0.317 e. The third-order valence-electron chi connectivity index (χ3n) is 2.12. The summed E-state index contributed by atoms with van der Waals surface area (Å²) >= 11 is 4.68. The van der Waals surface area contributed by atoms with E-state index in [2.05, 4.69) is 12.6 Å². The molecule has 0 saturated carbocycles. The molecule has 0 aromatic heterocycles. The highest BCUT2D eigenvalue weighted by Gasteiger charge is 2.24. The maximum atomic E-state index is 11.3. The summed E-state index contributed by atoms with van der Waals surface area (Å²) in [6, 6.07) is 0. The molecule has 0 aromatic carbocycles. The number of nitrogens with zero attached hydrogens (tertiary/aromatic N) is 1. The van der Waals surface area contributed by atoms with Gasteiger partial charge in [0, 0.05) is 13.2 Å². The van der Waals surface area contributed by atoms with E-state index >= 15 is 0 Å². The Hall–Kier alpha value is -0.390. The molecule has 0 aliphatic rings. The molecule has 2 unspecified atom stereocenters. The lowest BCUT2D eigenvalue weighted by molar-refractivity contribution is -0.109. The van der Waals surface area contributed by atoms with Gasteiger partial charge in [0.15, 0.2) is 0 Å². The Balaban J connectivity index is 4.28. The first-order valence-electron chi connectivity index (χ1n) is 5.77.